The van der Waals surface area contributed by atoms with E-state index in [1.807, 2.05) is 6.07 Å². The maximum Gasteiger partial charge on any atom is 0.0602 e. The molecule has 0 radical (unpaired) electrons. The van der Waals surface area contributed by atoms with Crippen LogP contribution in [-0.4, -0.2) is 4.98 Å². The summed E-state index contributed by atoms with van der Waals surface area (Å²) in [6.07, 6.45) is 2.75. The Kier molecular flexibility index (Phi) is 3.36. The van der Waals surface area contributed by atoms with Crippen molar-refractivity contribution in [2.24, 2.45) is 0 Å². The van der Waals surface area contributed by atoms with E-state index in [0.717, 1.165) is 16.6 Å². The Morgan fingerprint density at radius 3 is 2.62 bits per heavy atom. The Morgan fingerprint density at radius 2 is 2.15 bits per heavy atom. The third-order valence-electron chi connectivity index (χ3n) is 2.33. The van der Waals surface area contributed by atoms with Crippen LogP contribution in [0.2, 0.25) is 5.02 Å². The van der Waals surface area contributed by atoms with Crippen molar-refractivity contribution < 1.29 is 0 Å². The zero-order valence-corrected chi connectivity index (χ0v) is 10.4. The highest BCUT2D eigenvalue weighted by molar-refractivity contribution is 9.10. The highest BCUT2D eigenvalue weighted by Gasteiger charge is 2.22. The fourth-order valence-corrected chi connectivity index (χ4v) is 2.26. The number of hydrogen-bond acceptors (Lipinski definition) is 1. The van der Waals surface area contributed by atoms with Crippen LogP contribution in [0.15, 0.2) is 16.7 Å². The Labute approximate surface area is 92.6 Å². The number of nitrogens with zero attached hydrogens (tertiary/aromatic N) is 1. The monoisotopic (exact) mass is 261 g/mol. The third-order valence-corrected chi connectivity index (χ3v) is 3.14. The molecule has 0 spiro atoms. The maximum absolute atomic E-state index is 5.82. The largest absolute Gasteiger partial charge is 0.258 e. The van der Waals surface area contributed by atoms with Crippen LogP contribution in [0.5, 0.6) is 0 Å². The molecule has 0 fully saturated rings. The van der Waals surface area contributed by atoms with E-state index in [9.17, 15) is 0 Å². The van der Waals surface area contributed by atoms with Gasteiger partial charge in [-0.25, -0.2) is 0 Å². The fraction of sp³-hybridized carbons (Fsp3) is 0.500. The topological polar surface area (TPSA) is 12.9 Å². The predicted octanol–water partition coefficient (Wildman–Crippen LogP) is 4.19. The van der Waals surface area contributed by atoms with Gasteiger partial charge in [0, 0.05) is 16.1 Å². The molecule has 0 aromatic carbocycles. The smallest absolute Gasteiger partial charge is 0.0602 e. The first kappa shape index (κ1) is 11.0. The van der Waals surface area contributed by atoms with Gasteiger partial charge in [0.25, 0.3) is 0 Å². The number of pyridine rings is 1. The summed E-state index contributed by atoms with van der Waals surface area (Å²) >= 11 is 9.29. The van der Waals surface area contributed by atoms with E-state index in [2.05, 4.69) is 41.7 Å². The summed E-state index contributed by atoms with van der Waals surface area (Å²) in [6.45, 7) is 6.50. The van der Waals surface area contributed by atoms with Gasteiger partial charge in [-0.1, -0.05) is 32.4 Å². The Morgan fingerprint density at radius 1 is 1.54 bits per heavy atom. The van der Waals surface area contributed by atoms with Gasteiger partial charge in [0.2, 0.25) is 0 Å². The molecule has 0 amide bonds. The van der Waals surface area contributed by atoms with E-state index < -0.39 is 0 Å². The average Bonchev–Trinajstić information content (AvgIpc) is 2.03. The lowest BCUT2D eigenvalue weighted by Gasteiger charge is -2.23. The van der Waals surface area contributed by atoms with E-state index in [1.165, 1.54) is 0 Å². The van der Waals surface area contributed by atoms with Crippen LogP contribution in [-0.2, 0) is 5.41 Å². The molecular formula is C10H13BrClN. The summed E-state index contributed by atoms with van der Waals surface area (Å²) in [5.41, 5.74) is 1.17. The van der Waals surface area contributed by atoms with Crippen LogP contribution in [0.3, 0.4) is 0 Å². The molecule has 0 bridgehead atoms. The minimum atomic E-state index is 0.101. The van der Waals surface area contributed by atoms with E-state index in [-0.39, 0.29) is 5.41 Å². The molecule has 1 nitrogen and oxygen atoms in total. The van der Waals surface area contributed by atoms with Crippen molar-refractivity contribution in [3.05, 3.63) is 27.5 Å². The zero-order chi connectivity index (χ0) is 10.1. The molecule has 3 heteroatoms. The molecule has 1 heterocycles. The Hall–Kier alpha value is -0.0800. The first-order chi connectivity index (χ1) is 5.97. The summed E-state index contributed by atoms with van der Waals surface area (Å²) in [5, 5.41) is 0.669. The zero-order valence-electron chi connectivity index (χ0n) is 8.06. The SMILES string of the molecule is CCC(C)(C)c1ncc(Cl)cc1Br. The molecule has 0 saturated heterocycles. The highest BCUT2D eigenvalue weighted by Crippen LogP contribution is 2.31. The van der Waals surface area contributed by atoms with Gasteiger partial charge in [-0.2, -0.15) is 0 Å². The van der Waals surface area contributed by atoms with Crippen molar-refractivity contribution in [3.8, 4) is 0 Å². The molecule has 0 aliphatic carbocycles. The van der Waals surface area contributed by atoms with Gasteiger partial charge >= 0.3 is 0 Å². The first-order valence-electron chi connectivity index (χ1n) is 4.29. The van der Waals surface area contributed by atoms with Gasteiger partial charge in [0.05, 0.1) is 10.7 Å². The van der Waals surface area contributed by atoms with Gasteiger partial charge in [-0.3, -0.25) is 4.98 Å². The van der Waals surface area contributed by atoms with Crippen LogP contribution in [0, 0.1) is 0 Å². The summed E-state index contributed by atoms with van der Waals surface area (Å²) < 4.78 is 0.992. The molecule has 1 aromatic rings. The van der Waals surface area contributed by atoms with Crippen molar-refractivity contribution in [2.45, 2.75) is 32.6 Å². The molecule has 0 unspecified atom stereocenters. The Bertz CT molecular complexity index is 310. The highest BCUT2D eigenvalue weighted by atomic mass is 79.9. The molecule has 0 aliphatic rings. The lowest BCUT2D eigenvalue weighted by Crippen LogP contribution is -2.18. The lowest BCUT2D eigenvalue weighted by atomic mass is 9.86. The van der Waals surface area contributed by atoms with Crippen LogP contribution >= 0.6 is 27.5 Å². The summed E-state index contributed by atoms with van der Waals surface area (Å²) in [7, 11) is 0. The first-order valence-corrected chi connectivity index (χ1v) is 5.46. The van der Waals surface area contributed by atoms with E-state index >= 15 is 0 Å². The van der Waals surface area contributed by atoms with Crippen LogP contribution in [0.4, 0.5) is 0 Å². The molecule has 1 aromatic heterocycles. The van der Waals surface area contributed by atoms with Crippen molar-refractivity contribution in [2.75, 3.05) is 0 Å². The van der Waals surface area contributed by atoms with Crippen LogP contribution in [0.25, 0.3) is 0 Å². The Balaban J connectivity index is 3.16. The molecule has 0 atom stereocenters. The second-order valence-corrected chi connectivity index (χ2v) is 5.01. The molecule has 13 heavy (non-hydrogen) atoms. The van der Waals surface area contributed by atoms with Gasteiger partial charge in [0.15, 0.2) is 0 Å². The van der Waals surface area contributed by atoms with Gasteiger partial charge in [0.1, 0.15) is 0 Å². The summed E-state index contributed by atoms with van der Waals surface area (Å²) in [4.78, 5) is 4.34. The minimum absolute atomic E-state index is 0.101. The van der Waals surface area contributed by atoms with Crippen molar-refractivity contribution in [1.82, 2.24) is 4.98 Å². The average molecular weight is 263 g/mol. The fourth-order valence-electron chi connectivity index (χ4n) is 1.08. The number of rotatable bonds is 2. The molecular weight excluding hydrogens is 249 g/mol. The van der Waals surface area contributed by atoms with Crippen molar-refractivity contribution in [1.29, 1.82) is 0 Å². The normalized spacial score (nSPS) is 11.8. The number of hydrogen-bond donors (Lipinski definition) is 0. The lowest BCUT2D eigenvalue weighted by molar-refractivity contribution is 0.488. The maximum atomic E-state index is 5.82. The van der Waals surface area contributed by atoms with Gasteiger partial charge in [-0.05, 0) is 28.4 Å². The van der Waals surface area contributed by atoms with Gasteiger partial charge in [-0.15, -0.1) is 0 Å². The number of aromatic nitrogens is 1. The predicted molar refractivity (Wildman–Crippen MR) is 60.3 cm³/mol. The minimum Gasteiger partial charge on any atom is -0.258 e. The second-order valence-electron chi connectivity index (χ2n) is 3.72. The van der Waals surface area contributed by atoms with Crippen LogP contribution < -0.4 is 0 Å². The summed E-state index contributed by atoms with van der Waals surface area (Å²) in [5.74, 6) is 0. The van der Waals surface area contributed by atoms with Crippen LogP contribution in [0.1, 0.15) is 32.9 Å². The molecule has 0 aliphatic heterocycles. The van der Waals surface area contributed by atoms with E-state index in [1.54, 1.807) is 6.20 Å². The van der Waals surface area contributed by atoms with Crippen molar-refractivity contribution in [3.63, 3.8) is 0 Å². The van der Waals surface area contributed by atoms with Gasteiger partial charge < -0.3 is 0 Å². The summed E-state index contributed by atoms with van der Waals surface area (Å²) in [6, 6.07) is 1.89. The second kappa shape index (κ2) is 3.97. The van der Waals surface area contributed by atoms with E-state index in [4.69, 9.17) is 11.6 Å². The molecule has 0 saturated carbocycles. The van der Waals surface area contributed by atoms with E-state index in [0.29, 0.717) is 5.02 Å². The molecule has 72 valence electrons. The molecule has 0 N–H and O–H groups in total. The van der Waals surface area contributed by atoms with Crippen molar-refractivity contribution >= 4 is 27.5 Å². The number of halogens is 2. The standard InChI is InChI=1S/C10H13BrClN/c1-4-10(2,3)9-8(11)5-7(12)6-13-9/h5-6H,4H2,1-3H3. The molecule has 1 rings (SSSR count). The third kappa shape index (κ3) is 2.44. The quantitative estimate of drug-likeness (QED) is 0.779.